The van der Waals surface area contributed by atoms with E-state index in [2.05, 4.69) is 9.97 Å². The first-order valence-electron chi connectivity index (χ1n) is 9.22. The van der Waals surface area contributed by atoms with Crippen LogP contribution in [0, 0.1) is 6.92 Å². The Bertz CT molecular complexity index is 793. The minimum Gasteiger partial charge on any atom is -0.378 e. The maximum Gasteiger partial charge on any atom is 0.282 e. The second-order valence-corrected chi connectivity index (χ2v) is 9.13. The van der Waals surface area contributed by atoms with Gasteiger partial charge in [-0.05, 0) is 19.8 Å². The molecule has 0 aliphatic carbocycles. The summed E-state index contributed by atoms with van der Waals surface area (Å²) in [5, 5.41) is 0. The van der Waals surface area contributed by atoms with Gasteiger partial charge in [-0.2, -0.15) is 17.0 Å². The SMILES string of the molecule is Cc1ncc(C(=O)N2CCOCC2)c([C@H]2CCCCN2S(=O)(=O)N(C)C)n1. The molecule has 0 spiro atoms. The van der Waals surface area contributed by atoms with E-state index < -0.39 is 16.3 Å². The molecular weight excluding hydrogens is 370 g/mol. The molecule has 2 aliphatic heterocycles. The Kier molecular flexibility index (Phi) is 6.09. The fourth-order valence-corrected chi connectivity index (χ4v) is 4.81. The Hall–Kier alpha value is -1.62. The van der Waals surface area contributed by atoms with Gasteiger partial charge in [0, 0.05) is 39.9 Å². The first-order valence-corrected chi connectivity index (χ1v) is 10.6. The van der Waals surface area contributed by atoms with Crippen LogP contribution < -0.4 is 0 Å². The molecule has 1 aromatic heterocycles. The Morgan fingerprint density at radius 2 is 1.93 bits per heavy atom. The first-order chi connectivity index (χ1) is 12.8. The molecular formula is C17H27N5O4S. The molecule has 10 heteroatoms. The van der Waals surface area contributed by atoms with E-state index in [1.807, 2.05) is 0 Å². The van der Waals surface area contributed by atoms with Gasteiger partial charge in [-0.25, -0.2) is 9.97 Å². The number of aromatic nitrogens is 2. The fourth-order valence-electron chi connectivity index (χ4n) is 3.51. The normalized spacial score (nSPS) is 22.2. The van der Waals surface area contributed by atoms with Crippen molar-refractivity contribution in [2.75, 3.05) is 46.9 Å². The highest BCUT2D eigenvalue weighted by atomic mass is 32.2. The van der Waals surface area contributed by atoms with Gasteiger partial charge >= 0.3 is 0 Å². The number of nitrogens with zero attached hydrogens (tertiary/aromatic N) is 5. The largest absolute Gasteiger partial charge is 0.378 e. The Morgan fingerprint density at radius 3 is 2.59 bits per heavy atom. The van der Waals surface area contributed by atoms with Crippen LogP contribution in [0.2, 0.25) is 0 Å². The third-order valence-electron chi connectivity index (χ3n) is 4.99. The quantitative estimate of drug-likeness (QED) is 0.738. The van der Waals surface area contributed by atoms with Gasteiger partial charge in [-0.3, -0.25) is 4.79 Å². The Labute approximate surface area is 160 Å². The summed E-state index contributed by atoms with van der Waals surface area (Å²) in [6.45, 7) is 4.18. The molecule has 2 saturated heterocycles. The van der Waals surface area contributed by atoms with Gasteiger partial charge in [0.15, 0.2) is 0 Å². The molecule has 9 nitrogen and oxygen atoms in total. The highest BCUT2D eigenvalue weighted by Crippen LogP contribution is 2.34. The molecule has 2 aliphatic rings. The molecule has 3 rings (SSSR count). The summed E-state index contributed by atoms with van der Waals surface area (Å²) >= 11 is 0. The number of amides is 1. The Morgan fingerprint density at radius 1 is 1.22 bits per heavy atom. The second kappa shape index (κ2) is 8.17. The molecule has 1 amide bonds. The number of carbonyl (C=O) groups excluding carboxylic acids is 1. The van der Waals surface area contributed by atoms with E-state index >= 15 is 0 Å². The maximum atomic E-state index is 13.1. The van der Waals surface area contributed by atoms with Crippen molar-refractivity contribution in [1.82, 2.24) is 23.5 Å². The van der Waals surface area contributed by atoms with E-state index in [4.69, 9.17) is 4.74 Å². The highest BCUT2D eigenvalue weighted by molar-refractivity contribution is 7.86. The van der Waals surface area contributed by atoms with Gasteiger partial charge in [-0.1, -0.05) is 6.42 Å². The topological polar surface area (TPSA) is 95.9 Å². The van der Waals surface area contributed by atoms with Gasteiger partial charge in [-0.15, -0.1) is 0 Å². The number of aryl methyl sites for hydroxylation is 1. The van der Waals surface area contributed by atoms with Crippen LogP contribution in [0.5, 0.6) is 0 Å². The summed E-state index contributed by atoms with van der Waals surface area (Å²) in [6, 6.07) is -0.465. The minimum atomic E-state index is -3.62. The van der Waals surface area contributed by atoms with Gasteiger partial charge in [0.1, 0.15) is 5.82 Å². The van der Waals surface area contributed by atoms with Crippen molar-refractivity contribution in [3.05, 3.63) is 23.3 Å². The van der Waals surface area contributed by atoms with E-state index in [9.17, 15) is 13.2 Å². The molecule has 0 saturated carbocycles. The third-order valence-corrected chi connectivity index (χ3v) is 6.95. The monoisotopic (exact) mass is 397 g/mol. The zero-order valence-corrected chi connectivity index (χ0v) is 16.9. The number of rotatable bonds is 4. The molecule has 0 N–H and O–H groups in total. The van der Waals surface area contributed by atoms with Gasteiger partial charge in [0.05, 0.1) is 30.5 Å². The molecule has 0 unspecified atom stereocenters. The van der Waals surface area contributed by atoms with Crippen molar-refractivity contribution in [3.8, 4) is 0 Å². The van der Waals surface area contributed by atoms with Crippen LogP contribution in [-0.2, 0) is 14.9 Å². The van der Waals surface area contributed by atoms with Crippen LogP contribution in [-0.4, -0.2) is 84.7 Å². The average Bonchev–Trinajstić information content (AvgIpc) is 2.68. The third kappa shape index (κ3) is 4.13. The number of carbonyl (C=O) groups is 1. The molecule has 0 radical (unpaired) electrons. The van der Waals surface area contributed by atoms with Crippen molar-refractivity contribution < 1.29 is 17.9 Å². The van der Waals surface area contributed by atoms with E-state index in [1.165, 1.54) is 28.9 Å². The number of morpholine rings is 1. The molecule has 27 heavy (non-hydrogen) atoms. The van der Waals surface area contributed by atoms with Crippen molar-refractivity contribution in [2.45, 2.75) is 32.2 Å². The average molecular weight is 398 g/mol. The molecule has 0 aromatic carbocycles. The van der Waals surface area contributed by atoms with Crippen LogP contribution >= 0.6 is 0 Å². The van der Waals surface area contributed by atoms with Crippen molar-refractivity contribution in [2.24, 2.45) is 0 Å². The Balaban J connectivity index is 2.01. The van der Waals surface area contributed by atoms with Crippen molar-refractivity contribution in [1.29, 1.82) is 0 Å². The summed E-state index contributed by atoms with van der Waals surface area (Å²) in [5.41, 5.74) is 0.887. The molecule has 150 valence electrons. The lowest BCUT2D eigenvalue weighted by Crippen LogP contribution is -2.46. The van der Waals surface area contributed by atoms with E-state index in [-0.39, 0.29) is 5.91 Å². The highest BCUT2D eigenvalue weighted by Gasteiger charge is 2.38. The first kappa shape index (κ1) is 20.1. The van der Waals surface area contributed by atoms with E-state index in [0.717, 1.165) is 12.8 Å². The zero-order chi connectivity index (χ0) is 19.6. The van der Waals surface area contributed by atoms with Crippen LogP contribution in [0.1, 0.15) is 47.2 Å². The summed E-state index contributed by atoms with van der Waals surface area (Å²) < 4.78 is 33.7. The van der Waals surface area contributed by atoms with Crippen molar-refractivity contribution in [3.63, 3.8) is 0 Å². The second-order valence-electron chi connectivity index (χ2n) is 7.03. The summed E-state index contributed by atoms with van der Waals surface area (Å²) in [5.74, 6) is 0.359. The molecule has 1 aromatic rings. The standard InChI is InChI=1S/C17H27N5O4S/c1-13-18-12-14(17(23)21-8-10-26-11-9-21)16(19-13)15-6-4-5-7-22(15)27(24,25)20(2)3/h12,15H,4-11H2,1-3H3/t15-/m1/s1. The van der Waals surface area contributed by atoms with Gasteiger partial charge < -0.3 is 9.64 Å². The van der Waals surface area contributed by atoms with Crippen LogP contribution in [0.25, 0.3) is 0 Å². The van der Waals surface area contributed by atoms with E-state index in [1.54, 1.807) is 11.8 Å². The fraction of sp³-hybridized carbons (Fsp3) is 0.706. The lowest BCUT2D eigenvalue weighted by molar-refractivity contribution is 0.0300. The number of piperidine rings is 1. The molecule has 3 heterocycles. The van der Waals surface area contributed by atoms with Gasteiger partial charge in [0.25, 0.3) is 16.1 Å². The minimum absolute atomic E-state index is 0.166. The zero-order valence-electron chi connectivity index (χ0n) is 16.1. The molecule has 0 bridgehead atoms. The molecule has 2 fully saturated rings. The summed E-state index contributed by atoms with van der Waals surface area (Å²) in [4.78, 5) is 23.5. The van der Waals surface area contributed by atoms with Crippen LogP contribution in [0.15, 0.2) is 6.20 Å². The lowest BCUT2D eigenvalue weighted by atomic mass is 9.98. The lowest BCUT2D eigenvalue weighted by Gasteiger charge is -2.37. The maximum absolute atomic E-state index is 13.1. The van der Waals surface area contributed by atoms with Crippen LogP contribution in [0.4, 0.5) is 0 Å². The number of ether oxygens (including phenoxy) is 1. The summed E-state index contributed by atoms with van der Waals surface area (Å²) in [7, 11) is -0.576. The predicted molar refractivity (Wildman–Crippen MR) is 99.4 cm³/mol. The smallest absolute Gasteiger partial charge is 0.282 e. The molecule has 1 atom stereocenters. The van der Waals surface area contributed by atoms with Crippen LogP contribution in [0.3, 0.4) is 0 Å². The predicted octanol–water partition coefficient (Wildman–Crippen LogP) is 0.591. The van der Waals surface area contributed by atoms with Gasteiger partial charge in [0.2, 0.25) is 0 Å². The number of hydrogen-bond donors (Lipinski definition) is 0. The van der Waals surface area contributed by atoms with E-state index in [0.29, 0.717) is 56.4 Å². The number of hydrogen-bond acceptors (Lipinski definition) is 6. The summed E-state index contributed by atoms with van der Waals surface area (Å²) in [6.07, 6.45) is 3.84. The van der Waals surface area contributed by atoms with Crippen molar-refractivity contribution >= 4 is 16.1 Å².